The predicted octanol–water partition coefficient (Wildman–Crippen LogP) is 2.96. The first-order valence-corrected chi connectivity index (χ1v) is 7.93. The van der Waals surface area contributed by atoms with Gasteiger partial charge in [0.25, 0.3) is 0 Å². The van der Waals surface area contributed by atoms with Gasteiger partial charge >= 0.3 is 0 Å². The number of aliphatic hydroxyl groups excluding tert-OH is 1. The average molecular weight is 280 g/mol. The highest BCUT2D eigenvalue weighted by molar-refractivity contribution is 7.13. The second-order valence-corrected chi connectivity index (χ2v) is 6.80. The lowest BCUT2D eigenvalue weighted by atomic mass is 9.86. The van der Waals surface area contributed by atoms with Gasteiger partial charge in [0, 0.05) is 11.8 Å². The van der Waals surface area contributed by atoms with E-state index >= 15 is 0 Å². The number of nitrogens with one attached hydrogen (secondary N) is 1. The van der Waals surface area contributed by atoms with E-state index in [9.17, 15) is 9.90 Å². The zero-order chi connectivity index (χ0) is 13.4. The number of rotatable bonds is 4. The van der Waals surface area contributed by atoms with Gasteiger partial charge < -0.3 is 10.4 Å². The normalized spacial score (nSPS) is 30.5. The van der Waals surface area contributed by atoms with E-state index in [4.69, 9.17) is 0 Å². The number of nitrogens with zero attached hydrogens (tertiary/aromatic N) is 1. The van der Waals surface area contributed by atoms with Crippen molar-refractivity contribution in [2.75, 3.05) is 5.32 Å². The topological polar surface area (TPSA) is 62.2 Å². The maximum Gasteiger partial charge on any atom is 0.226 e. The lowest BCUT2D eigenvalue weighted by molar-refractivity contribution is -0.117. The zero-order valence-corrected chi connectivity index (χ0v) is 11.9. The second-order valence-electron chi connectivity index (χ2n) is 5.94. The minimum Gasteiger partial charge on any atom is -0.387 e. The van der Waals surface area contributed by atoms with Crippen molar-refractivity contribution in [3.63, 3.8) is 0 Å². The van der Waals surface area contributed by atoms with Crippen LogP contribution in [0.2, 0.25) is 0 Å². The Morgan fingerprint density at radius 1 is 1.58 bits per heavy atom. The SMILES string of the molecule is CC(O)c1csc(NC(=O)CC2CC3CCC2C3)n1. The van der Waals surface area contributed by atoms with Crippen molar-refractivity contribution >= 4 is 22.4 Å². The van der Waals surface area contributed by atoms with E-state index in [-0.39, 0.29) is 5.91 Å². The Bertz CT molecular complexity index is 472. The monoisotopic (exact) mass is 280 g/mol. The minimum atomic E-state index is -0.576. The van der Waals surface area contributed by atoms with E-state index in [1.807, 2.05) is 0 Å². The fourth-order valence-electron chi connectivity index (χ4n) is 3.57. The van der Waals surface area contributed by atoms with Crippen LogP contribution < -0.4 is 5.32 Å². The molecule has 104 valence electrons. The van der Waals surface area contributed by atoms with Gasteiger partial charge in [0.2, 0.25) is 5.91 Å². The first-order valence-electron chi connectivity index (χ1n) is 7.05. The van der Waals surface area contributed by atoms with E-state index < -0.39 is 6.10 Å². The number of aromatic nitrogens is 1. The van der Waals surface area contributed by atoms with Crippen LogP contribution in [-0.2, 0) is 4.79 Å². The Kier molecular flexibility index (Phi) is 3.58. The fraction of sp³-hybridized carbons (Fsp3) is 0.714. The molecular formula is C14H20N2O2S. The summed E-state index contributed by atoms with van der Waals surface area (Å²) in [6.45, 7) is 1.68. The molecule has 1 aromatic heterocycles. The highest BCUT2D eigenvalue weighted by Crippen LogP contribution is 2.49. The molecule has 2 aliphatic rings. The second kappa shape index (κ2) is 5.21. The summed E-state index contributed by atoms with van der Waals surface area (Å²) in [6.07, 6.45) is 5.30. The molecule has 0 aliphatic heterocycles. The van der Waals surface area contributed by atoms with Crippen molar-refractivity contribution in [3.8, 4) is 0 Å². The van der Waals surface area contributed by atoms with Crippen LogP contribution in [0, 0.1) is 17.8 Å². The van der Waals surface area contributed by atoms with E-state index in [1.54, 1.807) is 12.3 Å². The van der Waals surface area contributed by atoms with Crippen LogP contribution in [0.1, 0.15) is 50.8 Å². The van der Waals surface area contributed by atoms with Gasteiger partial charge in [-0.1, -0.05) is 6.42 Å². The van der Waals surface area contributed by atoms with Crippen molar-refractivity contribution in [1.82, 2.24) is 4.98 Å². The van der Waals surface area contributed by atoms with E-state index in [1.165, 1.54) is 37.0 Å². The molecule has 2 N–H and O–H groups in total. The Morgan fingerprint density at radius 2 is 2.42 bits per heavy atom. The average Bonchev–Trinajstić information content (AvgIpc) is 3.03. The molecule has 4 atom stereocenters. The highest BCUT2D eigenvalue weighted by Gasteiger charge is 2.40. The van der Waals surface area contributed by atoms with Crippen LogP contribution in [0.15, 0.2) is 5.38 Å². The summed E-state index contributed by atoms with van der Waals surface area (Å²) < 4.78 is 0. The summed E-state index contributed by atoms with van der Waals surface area (Å²) in [5.41, 5.74) is 0.625. The minimum absolute atomic E-state index is 0.0732. The van der Waals surface area contributed by atoms with Gasteiger partial charge in [-0.15, -0.1) is 11.3 Å². The van der Waals surface area contributed by atoms with Gasteiger partial charge in [0.05, 0.1) is 11.8 Å². The number of fused-ring (bicyclic) bond motifs is 2. The third kappa shape index (κ3) is 2.82. The van der Waals surface area contributed by atoms with Crippen LogP contribution in [0.5, 0.6) is 0 Å². The molecule has 3 rings (SSSR count). The van der Waals surface area contributed by atoms with E-state index in [0.717, 1.165) is 11.8 Å². The van der Waals surface area contributed by atoms with E-state index in [2.05, 4.69) is 10.3 Å². The molecular weight excluding hydrogens is 260 g/mol. The van der Waals surface area contributed by atoms with Crippen molar-refractivity contribution in [3.05, 3.63) is 11.1 Å². The maximum atomic E-state index is 12.0. The Hall–Kier alpha value is -0.940. The first-order chi connectivity index (χ1) is 9.11. The number of amides is 1. The molecule has 2 saturated carbocycles. The highest BCUT2D eigenvalue weighted by atomic mass is 32.1. The molecule has 1 amide bonds. The van der Waals surface area contributed by atoms with Gasteiger partial charge in [-0.25, -0.2) is 4.98 Å². The number of anilines is 1. The summed E-state index contributed by atoms with van der Waals surface area (Å²) >= 11 is 1.38. The van der Waals surface area contributed by atoms with Gasteiger partial charge in [-0.2, -0.15) is 0 Å². The quantitative estimate of drug-likeness (QED) is 0.891. The Balaban J connectivity index is 1.53. The summed E-state index contributed by atoms with van der Waals surface area (Å²) in [4.78, 5) is 16.2. The molecule has 2 fully saturated rings. The molecule has 0 aromatic carbocycles. The Morgan fingerprint density at radius 3 is 3.00 bits per heavy atom. The third-order valence-corrected chi connectivity index (χ3v) is 5.30. The first kappa shape index (κ1) is 13.1. The number of aliphatic hydroxyl groups is 1. The number of carbonyl (C=O) groups excluding carboxylic acids is 1. The molecule has 1 heterocycles. The van der Waals surface area contributed by atoms with Crippen LogP contribution >= 0.6 is 11.3 Å². The molecule has 0 radical (unpaired) electrons. The largest absolute Gasteiger partial charge is 0.387 e. The smallest absolute Gasteiger partial charge is 0.226 e. The van der Waals surface area contributed by atoms with Gasteiger partial charge in [-0.05, 0) is 43.9 Å². The molecule has 4 unspecified atom stereocenters. The lowest BCUT2D eigenvalue weighted by Gasteiger charge is -2.20. The molecule has 0 spiro atoms. The summed E-state index contributed by atoms with van der Waals surface area (Å²) in [5, 5.41) is 14.7. The third-order valence-electron chi connectivity index (χ3n) is 4.53. The van der Waals surface area contributed by atoms with Crippen LogP contribution in [0.25, 0.3) is 0 Å². The van der Waals surface area contributed by atoms with Gasteiger partial charge in [0.15, 0.2) is 5.13 Å². The molecule has 5 heteroatoms. The standard InChI is InChI=1S/C14H20N2O2S/c1-8(17)12-7-19-14(15-12)16-13(18)6-11-5-9-2-3-10(11)4-9/h7-11,17H,2-6H2,1H3,(H,15,16,18). The molecule has 1 aromatic rings. The van der Waals surface area contributed by atoms with Crippen LogP contribution in [0.3, 0.4) is 0 Å². The number of carbonyl (C=O) groups is 1. The molecule has 0 saturated heterocycles. The molecule has 4 nitrogen and oxygen atoms in total. The predicted molar refractivity (Wildman–Crippen MR) is 74.9 cm³/mol. The summed E-state index contributed by atoms with van der Waals surface area (Å²) in [6, 6.07) is 0. The van der Waals surface area contributed by atoms with Crippen LogP contribution in [0.4, 0.5) is 5.13 Å². The van der Waals surface area contributed by atoms with Crippen molar-refractivity contribution < 1.29 is 9.90 Å². The number of hydrogen-bond donors (Lipinski definition) is 2. The van der Waals surface area contributed by atoms with E-state index in [0.29, 0.717) is 23.2 Å². The van der Waals surface area contributed by atoms with Gasteiger partial charge in [0.1, 0.15) is 0 Å². The molecule has 2 aliphatic carbocycles. The van der Waals surface area contributed by atoms with Crippen molar-refractivity contribution in [1.29, 1.82) is 0 Å². The summed E-state index contributed by atoms with van der Waals surface area (Å²) in [7, 11) is 0. The zero-order valence-electron chi connectivity index (χ0n) is 11.1. The lowest BCUT2D eigenvalue weighted by Crippen LogP contribution is -2.20. The van der Waals surface area contributed by atoms with Crippen LogP contribution in [-0.4, -0.2) is 16.0 Å². The van der Waals surface area contributed by atoms with Gasteiger partial charge in [-0.3, -0.25) is 4.79 Å². The summed E-state index contributed by atoms with van der Waals surface area (Å²) in [5.74, 6) is 2.31. The van der Waals surface area contributed by atoms with Crippen molar-refractivity contribution in [2.45, 2.75) is 45.1 Å². The van der Waals surface area contributed by atoms with Crippen molar-refractivity contribution in [2.24, 2.45) is 17.8 Å². The molecule has 2 bridgehead atoms. The Labute approximate surface area is 117 Å². The molecule has 19 heavy (non-hydrogen) atoms. The number of hydrogen-bond acceptors (Lipinski definition) is 4. The maximum absolute atomic E-state index is 12.0. The fourth-order valence-corrected chi connectivity index (χ4v) is 4.38. The number of thiazole rings is 1.